The lowest BCUT2D eigenvalue weighted by atomic mass is 10.1. The number of nitrogens with one attached hydrogen (secondary N) is 1. The summed E-state index contributed by atoms with van der Waals surface area (Å²) in [5.74, 6) is 0.847. The van der Waals surface area contributed by atoms with Crippen molar-refractivity contribution in [2.24, 2.45) is 0 Å². The van der Waals surface area contributed by atoms with Crippen molar-refractivity contribution < 1.29 is 0 Å². The van der Waals surface area contributed by atoms with E-state index in [4.69, 9.17) is 4.98 Å². The zero-order chi connectivity index (χ0) is 18.8. The number of aromatic nitrogens is 3. The summed E-state index contributed by atoms with van der Waals surface area (Å²) in [6.07, 6.45) is 1.62. The first-order valence-corrected chi connectivity index (χ1v) is 10.7. The van der Waals surface area contributed by atoms with Crippen LogP contribution in [0.15, 0.2) is 77.8 Å². The van der Waals surface area contributed by atoms with E-state index in [2.05, 4.69) is 62.4 Å². The van der Waals surface area contributed by atoms with Gasteiger partial charge in [0.2, 0.25) is 0 Å². The molecule has 5 rings (SSSR count). The van der Waals surface area contributed by atoms with Gasteiger partial charge in [-0.15, -0.1) is 22.7 Å². The van der Waals surface area contributed by atoms with Gasteiger partial charge in [-0.1, -0.05) is 60.7 Å². The molecule has 0 unspecified atom stereocenters. The van der Waals surface area contributed by atoms with Crippen LogP contribution in [0.3, 0.4) is 0 Å². The van der Waals surface area contributed by atoms with Crippen LogP contribution in [0.5, 0.6) is 0 Å². The zero-order valence-electron chi connectivity index (χ0n) is 14.9. The van der Waals surface area contributed by atoms with Gasteiger partial charge in [-0.2, -0.15) is 0 Å². The van der Waals surface area contributed by atoms with Crippen LogP contribution in [0.4, 0.5) is 5.82 Å². The van der Waals surface area contributed by atoms with E-state index in [1.165, 1.54) is 5.56 Å². The molecule has 3 aromatic heterocycles. The topological polar surface area (TPSA) is 50.7 Å². The molecule has 4 nitrogen and oxygen atoms in total. The molecule has 6 heteroatoms. The van der Waals surface area contributed by atoms with E-state index >= 15 is 0 Å². The van der Waals surface area contributed by atoms with Gasteiger partial charge in [0.1, 0.15) is 22.0 Å². The van der Waals surface area contributed by atoms with Gasteiger partial charge in [-0.25, -0.2) is 15.0 Å². The fourth-order valence-electron chi connectivity index (χ4n) is 3.12. The number of hydrogen-bond donors (Lipinski definition) is 1. The van der Waals surface area contributed by atoms with Crippen LogP contribution in [0.1, 0.15) is 5.69 Å². The minimum atomic E-state index is 0.625. The summed E-state index contributed by atoms with van der Waals surface area (Å²) in [6, 6.07) is 20.6. The van der Waals surface area contributed by atoms with Crippen LogP contribution in [-0.4, -0.2) is 15.0 Å². The molecule has 0 saturated heterocycles. The highest BCUT2D eigenvalue weighted by Crippen LogP contribution is 2.36. The van der Waals surface area contributed by atoms with Gasteiger partial charge in [0.15, 0.2) is 0 Å². The van der Waals surface area contributed by atoms with E-state index in [0.717, 1.165) is 37.9 Å². The van der Waals surface area contributed by atoms with E-state index < -0.39 is 0 Å². The minimum absolute atomic E-state index is 0.625. The van der Waals surface area contributed by atoms with Crippen molar-refractivity contribution in [3.63, 3.8) is 0 Å². The third-order valence-electron chi connectivity index (χ3n) is 4.46. The van der Waals surface area contributed by atoms with Gasteiger partial charge < -0.3 is 5.32 Å². The summed E-state index contributed by atoms with van der Waals surface area (Å²) < 4.78 is 0. The van der Waals surface area contributed by atoms with Gasteiger partial charge in [-0.05, 0) is 5.56 Å². The van der Waals surface area contributed by atoms with Crippen molar-refractivity contribution in [1.82, 2.24) is 15.0 Å². The van der Waals surface area contributed by atoms with Crippen LogP contribution in [-0.2, 0) is 6.54 Å². The van der Waals surface area contributed by atoms with Crippen LogP contribution >= 0.6 is 22.7 Å². The van der Waals surface area contributed by atoms with E-state index in [0.29, 0.717) is 6.54 Å². The summed E-state index contributed by atoms with van der Waals surface area (Å²) >= 11 is 3.30. The Balaban J connectivity index is 1.43. The Bertz CT molecular complexity index is 1210. The number of nitrogens with zero attached hydrogens (tertiary/aromatic N) is 3. The molecule has 0 fully saturated rings. The van der Waals surface area contributed by atoms with E-state index in [1.54, 1.807) is 29.0 Å². The van der Waals surface area contributed by atoms with Crippen LogP contribution < -0.4 is 5.32 Å². The third-order valence-corrected chi connectivity index (χ3v) is 6.29. The summed E-state index contributed by atoms with van der Waals surface area (Å²) in [6.45, 7) is 0.625. The Labute approximate surface area is 170 Å². The predicted octanol–water partition coefficient (Wildman–Crippen LogP) is 6.09. The average molecular weight is 401 g/mol. The largest absolute Gasteiger partial charge is 0.364 e. The minimum Gasteiger partial charge on any atom is -0.364 e. The molecule has 0 spiro atoms. The third kappa shape index (κ3) is 3.28. The molecule has 3 heterocycles. The summed E-state index contributed by atoms with van der Waals surface area (Å²) in [4.78, 5) is 14.7. The van der Waals surface area contributed by atoms with Gasteiger partial charge >= 0.3 is 0 Å². The molecule has 1 N–H and O–H groups in total. The van der Waals surface area contributed by atoms with Crippen LogP contribution in [0.25, 0.3) is 31.9 Å². The monoisotopic (exact) mass is 400 g/mol. The number of anilines is 1. The first kappa shape index (κ1) is 17.0. The molecule has 2 aromatic carbocycles. The molecule has 0 saturated carbocycles. The molecule has 0 atom stereocenters. The molecule has 0 amide bonds. The zero-order valence-corrected chi connectivity index (χ0v) is 16.5. The molecule has 136 valence electrons. The second-order valence-electron chi connectivity index (χ2n) is 6.28. The number of rotatable bonds is 5. The highest BCUT2D eigenvalue weighted by atomic mass is 32.1. The van der Waals surface area contributed by atoms with Gasteiger partial charge in [0, 0.05) is 21.9 Å². The van der Waals surface area contributed by atoms with Crippen molar-refractivity contribution in [2.75, 3.05) is 5.32 Å². The van der Waals surface area contributed by atoms with Crippen molar-refractivity contribution in [3.8, 4) is 21.7 Å². The van der Waals surface area contributed by atoms with E-state index in [9.17, 15) is 0 Å². The average Bonchev–Trinajstić information content (AvgIpc) is 3.41. The second-order valence-corrected chi connectivity index (χ2v) is 8.00. The van der Waals surface area contributed by atoms with Gasteiger partial charge in [0.05, 0.1) is 17.6 Å². The lowest BCUT2D eigenvalue weighted by Gasteiger charge is -2.07. The SMILES string of the molecule is c1ccc(-c2nc(CNc3ncnc4scc(-c5ccccc5)c34)cs2)cc1. The predicted molar refractivity (Wildman–Crippen MR) is 118 cm³/mol. The summed E-state index contributed by atoms with van der Waals surface area (Å²) in [5.41, 5.74) is 4.48. The highest BCUT2D eigenvalue weighted by Gasteiger charge is 2.13. The normalized spacial score (nSPS) is 11.0. The Morgan fingerprint density at radius 1 is 0.786 bits per heavy atom. The first-order chi connectivity index (χ1) is 13.9. The fraction of sp³-hybridized carbons (Fsp3) is 0.0455. The molecule has 0 bridgehead atoms. The van der Waals surface area contributed by atoms with Gasteiger partial charge in [-0.3, -0.25) is 0 Å². The maximum absolute atomic E-state index is 4.76. The number of thiophene rings is 1. The second kappa shape index (κ2) is 7.50. The molecule has 0 aliphatic carbocycles. The van der Waals surface area contributed by atoms with Crippen molar-refractivity contribution in [2.45, 2.75) is 6.54 Å². The molecule has 5 aromatic rings. The Morgan fingerprint density at radius 3 is 2.32 bits per heavy atom. The lowest BCUT2D eigenvalue weighted by Crippen LogP contribution is -2.02. The maximum atomic E-state index is 4.76. The van der Waals surface area contributed by atoms with Crippen molar-refractivity contribution >= 4 is 38.7 Å². The summed E-state index contributed by atoms with van der Waals surface area (Å²) in [7, 11) is 0. The Morgan fingerprint density at radius 2 is 1.54 bits per heavy atom. The van der Waals surface area contributed by atoms with E-state index in [1.807, 2.05) is 24.3 Å². The molecule has 0 aliphatic rings. The number of thiazole rings is 1. The van der Waals surface area contributed by atoms with E-state index in [-0.39, 0.29) is 0 Å². The molecular weight excluding hydrogens is 384 g/mol. The molecular formula is C22H16N4S2. The Kier molecular flexibility index (Phi) is 4.56. The molecule has 0 aliphatic heterocycles. The fourth-order valence-corrected chi connectivity index (χ4v) is 4.86. The first-order valence-electron chi connectivity index (χ1n) is 8.90. The van der Waals surface area contributed by atoms with Crippen LogP contribution in [0, 0.1) is 0 Å². The van der Waals surface area contributed by atoms with Gasteiger partial charge in [0.25, 0.3) is 0 Å². The Hall–Kier alpha value is -3.09. The maximum Gasteiger partial charge on any atom is 0.139 e. The smallest absolute Gasteiger partial charge is 0.139 e. The van der Waals surface area contributed by atoms with Crippen molar-refractivity contribution in [1.29, 1.82) is 0 Å². The molecule has 0 radical (unpaired) electrons. The number of fused-ring (bicyclic) bond motifs is 1. The van der Waals surface area contributed by atoms with Crippen LogP contribution in [0.2, 0.25) is 0 Å². The standard InChI is InChI=1S/C22H16N4S2/c1-3-7-15(8-4-1)18-13-28-22-19(18)20(24-14-25-22)23-11-17-12-27-21(26-17)16-9-5-2-6-10-16/h1-10,12-14H,11H2,(H,23,24,25). The number of hydrogen-bond acceptors (Lipinski definition) is 6. The quantitative estimate of drug-likeness (QED) is 0.388. The lowest BCUT2D eigenvalue weighted by molar-refractivity contribution is 1.05. The number of benzene rings is 2. The molecule has 28 heavy (non-hydrogen) atoms. The highest BCUT2D eigenvalue weighted by molar-refractivity contribution is 7.17. The van der Waals surface area contributed by atoms with Crippen molar-refractivity contribution in [3.05, 3.63) is 83.4 Å². The summed E-state index contributed by atoms with van der Waals surface area (Å²) in [5, 5.41) is 9.81.